The van der Waals surface area contributed by atoms with Gasteiger partial charge in [0.15, 0.2) is 0 Å². The highest BCUT2D eigenvalue weighted by Crippen LogP contribution is 2.31. The summed E-state index contributed by atoms with van der Waals surface area (Å²) in [6.07, 6.45) is 3.45. The highest BCUT2D eigenvalue weighted by atomic mass is 35.5. The van der Waals surface area contributed by atoms with Gasteiger partial charge in [0.2, 0.25) is 15.9 Å². The Labute approximate surface area is 176 Å². The van der Waals surface area contributed by atoms with Crippen molar-refractivity contribution in [2.75, 3.05) is 7.11 Å². The molecule has 1 aliphatic carbocycles. The van der Waals surface area contributed by atoms with Gasteiger partial charge in [-0.1, -0.05) is 49.1 Å². The number of carbonyl (C=O) groups is 1. The van der Waals surface area contributed by atoms with Gasteiger partial charge < -0.3 is 10.1 Å². The molecule has 6 nitrogen and oxygen atoms in total. The van der Waals surface area contributed by atoms with Gasteiger partial charge in [-0.3, -0.25) is 4.79 Å². The van der Waals surface area contributed by atoms with E-state index in [2.05, 4.69) is 10.0 Å². The molecule has 0 bridgehead atoms. The highest BCUT2D eigenvalue weighted by Gasteiger charge is 2.43. The molecule has 3 rings (SSSR count). The molecule has 0 saturated heterocycles. The molecule has 0 heterocycles. The lowest BCUT2D eigenvalue weighted by Gasteiger charge is -2.36. The van der Waals surface area contributed by atoms with Crippen LogP contribution in [0.15, 0.2) is 53.4 Å². The summed E-state index contributed by atoms with van der Waals surface area (Å²) in [6.45, 7) is 0.257. The SMILES string of the molecule is COc1ccccc1CNC(=O)C1(NS(=O)(=O)c2ccc(Cl)cc2)CCCCC1. The topological polar surface area (TPSA) is 84.5 Å². The van der Waals surface area contributed by atoms with Gasteiger partial charge in [-0.15, -0.1) is 0 Å². The number of hydrogen-bond donors (Lipinski definition) is 2. The first-order valence-corrected chi connectivity index (χ1v) is 11.4. The van der Waals surface area contributed by atoms with Crippen LogP contribution >= 0.6 is 11.6 Å². The number of ether oxygens (including phenoxy) is 1. The Hall–Kier alpha value is -2.09. The minimum absolute atomic E-state index is 0.0874. The lowest BCUT2D eigenvalue weighted by Crippen LogP contribution is -2.59. The average molecular weight is 437 g/mol. The molecule has 0 spiro atoms. The third kappa shape index (κ3) is 5.10. The van der Waals surface area contributed by atoms with E-state index >= 15 is 0 Å². The number of sulfonamides is 1. The van der Waals surface area contributed by atoms with Crippen LogP contribution in [0.1, 0.15) is 37.7 Å². The van der Waals surface area contributed by atoms with Crippen LogP contribution in [0.5, 0.6) is 5.75 Å². The summed E-state index contributed by atoms with van der Waals surface area (Å²) < 4.78 is 33.9. The molecule has 1 fully saturated rings. The van der Waals surface area contributed by atoms with Crippen LogP contribution in [-0.2, 0) is 21.4 Å². The molecule has 1 amide bonds. The Bertz CT molecular complexity index is 955. The van der Waals surface area contributed by atoms with Crippen molar-refractivity contribution in [1.82, 2.24) is 10.0 Å². The molecule has 0 radical (unpaired) electrons. The minimum atomic E-state index is -3.87. The zero-order valence-corrected chi connectivity index (χ0v) is 17.9. The third-order valence-electron chi connectivity index (χ3n) is 5.23. The van der Waals surface area contributed by atoms with Gasteiger partial charge >= 0.3 is 0 Å². The van der Waals surface area contributed by atoms with E-state index in [1.54, 1.807) is 7.11 Å². The van der Waals surface area contributed by atoms with Gasteiger partial charge in [-0.25, -0.2) is 8.42 Å². The van der Waals surface area contributed by atoms with Crippen molar-refractivity contribution < 1.29 is 17.9 Å². The van der Waals surface area contributed by atoms with Gasteiger partial charge in [0, 0.05) is 17.1 Å². The summed E-state index contributed by atoms with van der Waals surface area (Å²) in [6, 6.07) is 13.3. The number of nitrogens with one attached hydrogen (secondary N) is 2. The number of hydrogen-bond acceptors (Lipinski definition) is 4. The largest absolute Gasteiger partial charge is 0.496 e. The maximum Gasteiger partial charge on any atom is 0.241 e. The summed E-state index contributed by atoms with van der Waals surface area (Å²) in [5, 5.41) is 3.35. The zero-order valence-electron chi connectivity index (χ0n) is 16.3. The lowest BCUT2D eigenvalue weighted by molar-refractivity contribution is -0.128. The van der Waals surface area contributed by atoms with Crippen molar-refractivity contribution in [3.8, 4) is 5.75 Å². The molecular formula is C21H25ClN2O4S. The number of rotatable bonds is 7. The number of methoxy groups -OCH3 is 1. The van der Waals surface area contributed by atoms with Crippen LogP contribution in [-0.4, -0.2) is 27.0 Å². The van der Waals surface area contributed by atoms with Crippen LogP contribution < -0.4 is 14.8 Å². The lowest BCUT2D eigenvalue weighted by atomic mass is 9.82. The van der Waals surface area contributed by atoms with E-state index in [0.29, 0.717) is 23.6 Å². The van der Waals surface area contributed by atoms with E-state index in [4.69, 9.17) is 16.3 Å². The smallest absolute Gasteiger partial charge is 0.241 e. The number of benzene rings is 2. The molecule has 2 aromatic rings. The van der Waals surface area contributed by atoms with E-state index in [-0.39, 0.29) is 17.3 Å². The van der Waals surface area contributed by atoms with Crippen LogP contribution in [0, 0.1) is 0 Å². The van der Waals surface area contributed by atoms with Crippen molar-refractivity contribution in [3.05, 3.63) is 59.1 Å². The van der Waals surface area contributed by atoms with Crippen LogP contribution in [0.3, 0.4) is 0 Å². The maximum atomic E-state index is 13.2. The molecule has 0 unspecified atom stereocenters. The maximum absolute atomic E-state index is 13.2. The number of amides is 1. The van der Waals surface area contributed by atoms with Crippen molar-refractivity contribution in [1.29, 1.82) is 0 Å². The van der Waals surface area contributed by atoms with Crippen LogP contribution in [0.4, 0.5) is 0 Å². The Morgan fingerprint density at radius 3 is 2.38 bits per heavy atom. The zero-order chi connectivity index (χ0) is 20.9. The van der Waals surface area contributed by atoms with Gasteiger partial charge in [0.1, 0.15) is 11.3 Å². The van der Waals surface area contributed by atoms with Crippen molar-refractivity contribution in [3.63, 3.8) is 0 Å². The summed E-state index contributed by atoms with van der Waals surface area (Å²) in [5.41, 5.74) is -0.339. The summed E-state index contributed by atoms with van der Waals surface area (Å²) in [7, 11) is -2.30. The van der Waals surface area contributed by atoms with Gasteiger partial charge in [-0.2, -0.15) is 4.72 Å². The molecule has 0 atom stereocenters. The van der Waals surface area contributed by atoms with Gasteiger partial charge in [0.25, 0.3) is 0 Å². The van der Waals surface area contributed by atoms with E-state index in [1.807, 2.05) is 24.3 Å². The monoisotopic (exact) mass is 436 g/mol. The second-order valence-electron chi connectivity index (χ2n) is 7.20. The fraction of sp³-hybridized carbons (Fsp3) is 0.381. The Morgan fingerprint density at radius 1 is 1.07 bits per heavy atom. The van der Waals surface area contributed by atoms with Crippen molar-refractivity contribution in [2.24, 2.45) is 0 Å². The quantitative estimate of drug-likeness (QED) is 0.693. The number of para-hydroxylation sites is 1. The number of carbonyl (C=O) groups excluding carboxylic acids is 1. The highest BCUT2D eigenvalue weighted by molar-refractivity contribution is 7.89. The molecule has 2 N–H and O–H groups in total. The summed E-state index contributed by atoms with van der Waals surface area (Å²) in [4.78, 5) is 13.2. The van der Waals surface area contributed by atoms with E-state index < -0.39 is 15.6 Å². The first kappa shape index (κ1) is 21.6. The van der Waals surface area contributed by atoms with Crippen LogP contribution in [0.2, 0.25) is 5.02 Å². The summed E-state index contributed by atoms with van der Waals surface area (Å²) >= 11 is 5.87. The second kappa shape index (κ2) is 9.15. The van der Waals surface area contributed by atoms with Gasteiger partial charge in [0.05, 0.1) is 12.0 Å². The first-order valence-electron chi connectivity index (χ1n) is 9.56. The van der Waals surface area contributed by atoms with Crippen molar-refractivity contribution >= 4 is 27.5 Å². The molecule has 2 aromatic carbocycles. The predicted octanol–water partition coefficient (Wildman–Crippen LogP) is 3.65. The average Bonchev–Trinajstić information content (AvgIpc) is 2.72. The molecule has 29 heavy (non-hydrogen) atoms. The molecule has 8 heteroatoms. The van der Waals surface area contributed by atoms with Crippen LogP contribution in [0.25, 0.3) is 0 Å². The minimum Gasteiger partial charge on any atom is -0.496 e. The fourth-order valence-corrected chi connectivity index (χ4v) is 5.20. The Kier molecular flexibility index (Phi) is 6.82. The Balaban J connectivity index is 1.80. The Morgan fingerprint density at radius 2 is 1.72 bits per heavy atom. The summed E-state index contributed by atoms with van der Waals surface area (Å²) in [5.74, 6) is 0.355. The van der Waals surface area contributed by atoms with Gasteiger partial charge in [-0.05, 0) is 43.2 Å². The molecular weight excluding hydrogens is 412 g/mol. The predicted molar refractivity (Wildman–Crippen MR) is 112 cm³/mol. The number of halogens is 1. The molecule has 156 valence electrons. The molecule has 1 aliphatic rings. The second-order valence-corrected chi connectivity index (χ2v) is 9.32. The van der Waals surface area contributed by atoms with E-state index in [0.717, 1.165) is 24.8 Å². The van der Waals surface area contributed by atoms with E-state index in [9.17, 15) is 13.2 Å². The standard InChI is InChI=1S/C21H25ClN2O4S/c1-28-19-8-4-3-7-16(19)15-23-20(25)21(13-5-2-6-14-21)24-29(26,27)18-11-9-17(22)10-12-18/h3-4,7-12,24H,2,5-6,13-15H2,1H3,(H,23,25). The van der Waals surface area contributed by atoms with Crippen molar-refractivity contribution in [2.45, 2.75) is 49.1 Å². The third-order valence-corrected chi connectivity index (χ3v) is 7.03. The normalized spacial score (nSPS) is 16.2. The molecule has 0 aromatic heterocycles. The first-order chi connectivity index (χ1) is 13.9. The van der Waals surface area contributed by atoms with E-state index in [1.165, 1.54) is 24.3 Å². The molecule has 1 saturated carbocycles. The molecule has 0 aliphatic heterocycles. The fourth-order valence-electron chi connectivity index (χ4n) is 3.65.